The number of hydrogen-bond acceptors (Lipinski definition) is 3. The van der Waals surface area contributed by atoms with Crippen LogP contribution in [0.1, 0.15) is 17.3 Å². The highest BCUT2D eigenvalue weighted by Gasteiger charge is 2.22. The van der Waals surface area contributed by atoms with Gasteiger partial charge in [0.25, 0.3) is 0 Å². The Balaban J connectivity index is 2.38. The molecule has 1 saturated heterocycles. The summed E-state index contributed by atoms with van der Waals surface area (Å²) in [6, 6.07) is 4.86. The van der Waals surface area contributed by atoms with E-state index < -0.39 is 5.82 Å². The van der Waals surface area contributed by atoms with Gasteiger partial charge in [-0.1, -0.05) is 6.07 Å². The second-order valence-electron chi connectivity index (χ2n) is 3.91. The summed E-state index contributed by atoms with van der Waals surface area (Å²) in [4.78, 5) is 12.9. The van der Waals surface area contributed by atoms with Gasteiger partial charge < -0.3 is 9.64 Å². The number of aldehydes is 1. The molecule has 86 valence electrons. The number of halogens is 1. The van der Waals surface area contributed by atoms with Crippen molar-refractivity contribution in [3.05, 3.63) is 29.6 Å². The molecule has 1 aliphatic rings. The van der Waals surface area contributed by atoms with Crippen LogP contribution in [0, 0.1) is 5.82 Å². The molecule has 0 spiro atoms. The van der Waals surface area contributed by atoms with Crippen LogP contribution in [-0.2, 0) is 4.74 Å². The summed E-state index contributed by atoms with van der Waals surface area (Å²) in [7, 11) is 0. The van der Waals surface area contributed by atoms with Crippen molar-refractivity contribution in [2.75, 3.05) is 24.7 Å². The Morgan fingerprint density at radius 2 is 2.38 bits per heavy atom. The van der Waals surface area contributed by atoms with Gasteiger partial charge in [-0.3, -0.25) is 4.79 Å². The van der Waals surface area contributed by atoms with E-state index in [9.17, 15) is 9.18 Å². The number of benzene rings is 1. The lowest BCUT2D eigenvalue weighted by atomic mass is 10.1. The first kappa shape index (κ1) is 11.1. The average molecular weight is 223 g/mol. The first-order valence-corrected chi connectivity index (χ1v) is 5.32. The van der Waals surface area contributed by atoms with Crippen LogP contribution < -0.4 is 4.90 Å². The minimum absolute atomic E-state index is 0.135. The molecule has 16 heavy (non-hydrogen) atoms. The van der Waals surface area contributed by atoms with Crippen LogP contribution in [0.15, 0.2) is 18.2 Å². The fourth-order valence-electron chi connectivity index (χ4n) is 1.98. The third kappa shape index (κ3) is 1.93. The third-order valence-corrected chi connectivity index (χ3v) is 2.82. The molecule has 1 atom stereocenters. The molecule has 1 heterocycles. The standard InChI is InChI=1S/C12H14FNO2/c1-9-8-16-6-5-14(9)12-4-2-3-11(13)10(12)7-15/h2-4,7,9H,5-6,8H2,1H3. The molecule has 1 aliphatic heterocycles. The molecule has 4 heteroatoms. The van der Waals surface area contributed by atoms with E-state index >= 15 is 0 Å². The Bertz CT molecular complexity index is 395. The van der Waals surface area contributed by atoms with E-state index in [2.05, 4.69) is 0 Å². The molecule has 1 aromatic rings. The summed E-state index contributed by atoms with van der Waals surface area (Å²) in [5.74, 6) is -0.466. The monoisotopic (exact) mass is 223 g/mol. The van der Waals surface area contributed by atoms with Crippen molar-refractivity contribution in [2.24, 2.45) is 0 Å². The third-order valence-electron chi connectivity index (χ3n) is 2.82. The van der Waals surface area contributed by atoms with Gasteiger partial charge in [0.05, 0.1) is 24.5 Å². The lowest BCUT2D eigenvalue weighted by Gasteiger charge is -2.35. The molecule has 0 radical (unpaired) electrons. The van der Waals surface area contributed by atoms with Crippen molar-refractivity contribution < 1.29 is 13.9 Å². The zero-order valence-electron chi connectivity index (χ0n) is 9.15. The highest BCUT2D eigenvalue weighted by atomic mass is 19.1. The van der Waals surface area contributed by atoms with Crippen LogP contribution in [0.4, 0.5) is 10.1 Å². The number of rotatable bonds is 2. The molecule has 0 amide bonds. The lowest BCUT2D eigenvalue weighted by molar-refractivity contribution is 0.0985. The molecular weight excluding hydrogens is 209 g/mol. The van der Waals surface area contributed by atoms with Gasteiger partial charge in [0.1, 0.15) is 5.82 Å². The van der Waals surface area contributed by atoms with Gasteiger partial charge in [-0.15, -0.1) is 0 Å². The second-order valence-corrected chi connectivity index (χ2v) is 3.91. The predicted molar refractivity (Wildman–Crippen MR) is 59.4 cm³/mol. The van der Waals surface area contributed by atoms with Crippen LogP contribution in [0.25, 0.3) is 0 Å². The van der Waals surface area contributed by atoms with E-state index in [1.54, 1.807) is 12.1 Å². The number of anilines is 1. The van der Waals surface area contributed by atoms with Gasteiger partial charge in [-0.2, -0.15) is 0 Å². The van der Waals surface area contributed by atoms with Crippen LogP contribution in [0.3, 0.4) is 0 Å². The van der Waals surface area contributed by atoms with Gasteiger partial charge in [-0.25, -0.2) is 4.39 Å². The first-order valence-electron chi connectivity index (χ1n) is 5.32. The maximum Gasteiger partial charge on any atom is 0.155 e. The number of morpholine rings is 1. The van der Waals surface area contributed by atoms with E-state index in [1.807, 2.05) is 11.8 Å². The Morgan fingerprint density at radius 1 is 1.56 bits per heavy atom. The van der Waals surface area contributed by atoms with Gasteiger partial charge >= 0.3 is 0 Å². The molecule has 0 aromatic heterocycles. The molecule has 1 fully saturated rings. The smallest absolute Gasteiger partial charge is 0.155 e. The minimum atomic E-state index is -0.466. The zero-order valence-corrected chi connectivity index (χ0v) is 9.15. The van der Waals surface area contributed by atoms with E-state index in [4.69, 9.17) is 4.74 Å². The van der Waals surface area contributed by atoms with E-state index in [1.165, 1.54) is 6.07 Å². The molecule has 2 rings (SSSR count). The highest BCUT2D eigenvalue weighted by molar-refractivity contribution is 5.85. The van der Waals surface area contributed by atoms with Crippen molar-refractivity contribution in [1.29, 1.82) is 0 Å². The summed E-state index contributed by atoms with van der Waals surface area (Å²) in [5.41, 5.74) is 0.794. The molecule has 0 saturated carbocycles. The Morgan fingerprint density at radius 3 is 3.06 bits per heavy atom. The van der Waals surface area contributed by atoms with Crippen molar-refractivity contribution in [3.63, 3.8) is 0 Å². The summed E-state index contributed by atoms with van der Waals surface area (Å²) < 4.78 is 18.8. The van der Waals surface area contributed by atoms with Gasteiger partial charge in [0, 0.05) is 12.6 Å². The molecule has 0 N–H and O–H groups in total. The van der Waals surface area contributed by atoms with Gasteiger partial charge in [-0.05, 0) is 19.1 Å². The second kappa shape index (κ2) is 4.61. The van der Waals surface area contributed by atoms with Gasteiger partial charge in [0.2, 0.25) is 0 Å². The van der Waals surface area contributed by atoms with Crippen LogP contribution in [0.2, 0.25) is 0 Å². The molecule has 0 aliphatic carbocycles. The topological polar surface area (TPSA) is 29.5 Å². The van der Waals surface area contributed by atoms with Gasteiger partial charge in [0.15, 0.2) is 6.29 Å². The Labute approximate surface area is 93.8 Å². The average Bonchev–Trinajstić information content (AvgIpc) is 2.29. The number of carbonyl (C=O) groups excluding carboxylic acids is 1. The highest BCUT2D eigenvalue weighted by Crippen LogP contribution is 2.24. The number of carbonyl (C=O) groups is 1. The van der Waals surface area contributed by atoms with Crippen molar-refractivity contribution in [2.45, 2.75) is 13.0 Å². The number of ether oxygens (including phenoxy) is 1. The maximum absolute atomic E-state index is 13.4. The number of hydrogen-bond donors (Lipinski definition) is 0. The van der Waals surface area contributed by atoms with Crippen LogP contribution in [-0.4, -0.2) is 32.1 Å². The number of nitrogens with zero attached hydrogens (tertiary/aromatic N) is 1. The molecular formula is C12H14FNO2. The minimum Gasteiger partial charge on any atom is -0.377 e. The SMILES string of the molecule is CC1COCCN1c1cccc(F)c1C=O. The summed E-state index contributed by atoms with van der Waals surface area (Å²) >= 11 is 0. The summed E-state index contributed by atoms with van der Waals surface area (Å²) in [6.45, 7) is 3.90. The lowest BCUT2D eigenvalue weighted by Crippen LogP contribution is -2.44. The largest absolute Gasteiger partial charge is 0.377 e. The zero-order chi connectivity index (χ0) is 11.5. The van der Waals surface area contributed by atoms with E-state index in [-0.39, 0.29) is 11.6 Å². The normalized spacial score (nSPS) is 20.9. The Hall–Kier alpha value is -1.42. The fourth-order valence-corrected chi connectivity index (χ4v) is 1.98. The summed E-state index contributed by atoms with van der Waals surface area (Å²) in [5, 5.41) is 0. The molecule has 3 nitrogen and oxygen atoms in total. The Kier molecular flexibility index (Phi) is 3.19. The predicted octanol–water partition coefficient (Wildman–Crippen LogP) is 1.86. The molecule has 0 bridgehead atoms. The molecule has 1 unspecified atom stereocenters. The van der Waals surface area contributed by atoms with Crippen molar-refractivity contribution >= 4 is 12.0 Å². The first-order chi connectivity index (χ1) is 7.74. The quantitative estimate of drug-likeness (QED) is 0.717. The molecule has 1 aromatic carbocycles. The van der Waals surface area contributed by atoms with E-state index in [0.29, 0.717) is 31.7 Å². The maximum atomic E-state index is 13.4. The summed E-state index contributed by atoms with van der Waals surface area (Å²) in [6.07, 6.45) is 0.576. The van der Waals surface area contributed by atoms with Crippen LogP contribution in [0.5, 0.6) is 0 Å². The fraction of sp³-hybridized carbons (Fsp3) is 0.417. The van der Waals surface area contributed by atoms with Crippen LogP contribution >= 0.6 is 0 Å². The van der Waals surface area contributed by atoms with Crippen molar-refractivity contribution in [1.82, 2.24) is 0 Å². The van der Waals surface area contributed by atoms with E-state index in [0.717, 1.165) is 0 Å². The van der Waals surface area contributed by atoms with Crippen molar-refractivity contribution in [3.8, 4) is 0 Å².